The van der Waals surface area contributed by atoms with Crippen LogP contribution in [0.1, 0.15) is 24.3 Å². The van der Waals surface area contributed by atoms with Crippen molar-refractivity contribution in [2.75, 3.05) is 0 Å². The molecule has 1 amide bonds. The Morgan fingerprint density at radius 2 is 2.25 bits per heavy atom. The number of halogens is 1. The van der Waals surface area contributed by atoms with Gasteiger partial charge in [-0.15, -0.1) is 0 Å². The van der Waals surface area contributed by atoms with Gasteiger partial charge < -0.3 is 5.32 Å². The van der Waals surface area contributed by atoms with Gasteiger partial charge in [0, 0.05) is 12.2 Å². The SMILES string of the molecule is CC(C)NC(=O)c1nn2ccccc2c1Cl. The van der Waals surface area contributed by atoms with Crippen LogP contribution in [0.2, 0.25) is 5.02 Å². The molecule has 84 valence electrons. The number of aromatic nitrogens is 2. The van der Waals surface area contributed by atoms with Crippen LogP contribution < -0.4 is 5.32 Å². The summed E-state index contributed by atoms with van der Waals surface area (Å²) in [4.78, 5) is 11.8. The molecule has 0 aliphatic rings. The molecule has 0 aliphatic heterocycles. The van der Waals surface area contributed by atoms with Crippen molar-refractivity contribution in [3.63, 3.8) is 0 Å². The van der Waals surface area contributed by atoms with E-state index in [0.29, 0.717) is 5.02 Å². The second kappa shape index (κ2) is 4.14. The largest absolute Gasteiger partial charge is 0.348 e. The lowest BCUT2D eigenvalue weighted by Crippen LogP contribution is -2.30. The first-order chi connectivity index (χ1) is 7.59. The molecule has 0 fully saturated rings. The lowest BCUT2D eigenvalue weighted by molar-refractivity contribution is 0.0938. The molecule has 0 atom stereocenters. The minimum absolute atomic E-state index is 0.0633. The highest BCUT2D eigenvalue weighted by molar-refractivity contribution is 6.36. The van der Waals surface area contributed by atoms with Crippen LogP contribution in [0.25, 0.3) is 5.52 Å². The van der Waals surface area contributed by atoms with Crippen molar-refractivity contribution in [2.45, 2.75) is 19.9 Å². The quantitative estimate of drug-likeness (QED) is 0.870. The van der Waals surface area contributed by atoms with Crippen LogP contribution in [0.5, 0.6) is 0 Å². The second-order valence-electron chi connectivity index (χ2n) is 3.82. The Balaban J connectivity index is 2.45. The Labute approximate surface area is 98.2 Å². The third-order valence-corrected chi connectivity index (χ3v) is 2.49. The van der Waals surface area contributed by atoms with Gasteiger partial charge in [-0.1, -0.05) is 17.7 Å². The lowest BCUT2D eigenvalue weighted by Gasteiger charge is -2.05. The number of carbonyl (C=O) groups excluding carboxylic acids is 1. The van der Waals surface area contributed by atoms with Crippen LogP contribution in [0.4, 0.5) is 0 Å². The van der Waals surface area contributed by atoms with Gasteiger partial charge in [-0.2, -0.15) is 5.10 Å². The number of amides is 1. The average Bonchev–Trinajstić information content (AvgIpc) is 2.56. The maximum absolute atomic E-state index is 11.8. The molecule has 0 bridgehead atoms. The third kappa shape index (κ3) is 1.88. The van der Waals surface area contributed by atoms with E-state index in [-0.39, 0.29) is 17.6 Å². The molecule has 0 aromatic carbocycles. The minimum atomic E-state index is -0.247. The van der Waals surface area contributed by atoms with E-state index in [4.69, 9.17) is 11.6 Å². The lowest BCUT2D eigenvalue weighted by atomic mass is 10.3. The Morgan fingerprint density at radius 1 is 1.50 bits per heavy atom. The molecule has 0 spiro atoms. The Hall–Kier alpha value is -1.55. The van der Waals surface area contributed by atoms with Gasteiger partial charge in [-0.05, 0) is 26.0 Å². The third-order valence-electron chi connectivity index (χ3n) is 2.11. The fourth-order valence-electron chi connectivity index (χ4n) is 1.44. The van der Waals surface area contributed by atoms with E-state index in [9.17, 15) is 4.79 Å². The van der Waals surface area contributed by atoms with E-state index in [1.807, 2.05) is 32.0 Å². The Bertz CT molecular complexity index is 533. The van der Waals surface area contributed by atoms with E-state index in [1.54, 1.807) is 10.7 Å². The molecule has 2 aromatic rings. The predicted molar refractivity (Wildman–Crippen MR) is 62.8 cm³/mol. The summed E-state index contributed by atoms with van der Waals surface area (Å²) < 4.78 is 1.59. The first-order valence-corrected chi connectivity index (χ1v) is 5.41. The monoisotopic (exact) mass is 237 g/mol. The van der Waals surface area contributed by atoms with Crippen molar-refractivity contribution in [3.8, 4) is 0 Å². The highest BCUT2D eigenvalue weighted by atomic mass is 35.5. The maximum atomic E-state index is 11.8. The van der Waals surface area contributed by atoms with Gasteiger partial charge in [-0.25, -0.2) is 4.52 Å². The fourth-order valence-corrected chi connectivity index (χ4v) is 1.72. The molecule has 4 nitrogen and oxygen atoms in total. The molecule has 0 aliphatic carbocycles. The summed E-state index contributed by atoms with van der Waals surface area (Å²) in [5, 5.41) is 7.29. The molecular formula is C11H12ClN3O. The fraction of sp³-hybridized carbons (Fsp3) is 0.273. The first-order valence-electron chi connectivity index (χ1n) is 5.03. The summed E-state index contributed by atoms with van der Waals surface area (Å²) in [6, 6.07) is 5.57. The summed E-state index contributed by atoms with van der Waals surface area (Å²) in [7, 11) is 0. The van der Waals surface area contributed by atoms with E-state index < -0.39 is 0 Å². The van der Waals surface area contributed by atoms with Gasteiger partial charge in [0.05, 0.1) is 10.5 Å². The normalized spacial score (nSPS) is 11.0. The molecule has 5 heteroatoms. The molecule has 1 N–H and O–H groups in total. The van der Waals surface area contributed by atoms with Gasteiger partial charge in [0.1, 0.15) is 0 Å². The number of carbonyl (C=O) groups is 1. The second-order valence-corrected chi connectivity index (χ2v) is 4.20. The first kappa shape index (κ1) is 11.0. The van der Waals surface area contributed by atoms with Crippen molar-refractivity contribution in [2.24, 2.45) is 0 Å². The van der Waals surface area contributed by atoms with E-state index in [1.165, 1.54) is 0 Å². The van der Waals surface area contributed by atoms with Crippen molar-refractivity contribution in [3.05, 3.63) is 35.1 Å². The summed E-state index contributed by atoms with van der Waals surface area (Å²) in [5.74, 6) is -0.247. The summed E-state index contributed by atoms with van der Waals surface area (Å²) in [6.07, 6.45) is 1.76. The molecule has 2 aromatic heterocycles. The van der Waals surface area contributed by atoms with Crippen molar-refractivity contribution >= 4 is 23.0 Å². The molecular weight excluding hydrogens is 226 g/mol. The van der Waals surface area contributed by atoms with Crippen LogP contribution in [-0.2, 0) is 0 Å². The number of rotatable bonds is 2. The van der Waals surface area contributed by atoms with Crippen LogP contribution in [0, 0.1) is 0 Å². The molecule has 0 saturated carbocycles. The average molecular weight is 238 g/mol. The van der Waals surface area contributed by atoms with Crippen LogP contribution >= 0.6 is 11.6 Å². The van der Waals surface area contributed by atoms with Crippen molar-refractivity contribution < 1.29 is 4.79 Å². The van der Waals surface area contributed by atoms with E-state index in [2.05, 4.69) is 10.4 Å². The number of fused-ring (bicyclic) bond motifs is 1. The van der Waals surface area contributed by atoms with Crippen LogP contribution in [0.3, 0.4) is 0 Å². The molecule has 2 heterocycles. The topological polar surface area (TPSA) is 46.4 Å². The molecule has 2 rings (SSSR count). The highest BCUT2D eigenvalue weighted by Crippen LogP contribution is 2.21. The predicted octanol–water partition coefficient (Wildman–Crippen LogP) is 2.13. The van der Waals surface area contributed by atoms with Gasteiger partial charge in [0.25, 0.3) is 5.91 Å². The standard InChI is InChI=1S/C11H12ClN3O/c1-7(2)13-11(16)10-9(12)8-5-3-4-6-15(8)14-10/h3-7H,1-2H3,(H,13,16). The zero-order chi connectivity index (χ0) is 11.7. The molecule has 0 unspecified atom stereocenters. The number of nitrogens with zero attached hydrogens (tertiary/aromatic N) is 2. The smallest absolute Gasteiger partial charge is 0.273 e. The Morgan fingerprint density at radius 3 is 2.88 bits per heavy atom. The number of hydrogen-bond donors (Lipinski definition) is 1. The summed E-state index contributed by atoms with van der Waals surface area (Å²) in [5.41, 5.74) is 1.000. The number of hydrogen-bond acceptors (Lipinski definition) is 2. The van der Waals surface area contributed by atoms with Crippen LogP contribution in [-0.4, -0.2) is 21.6 Å². The molecule has 0 radical (unpaired) electrons. The van der Waals surface area contributed by atoms with Gasteiger partial charge >= 0.3 is 0 Å². The zero-order valence-corrected chi connectivity index (χ0v) is 9.82. The van der Waals surface area contributed by atoms with Gasteiger partial charge in [0.2, 0.25) is 0 Å². The zero-order valence-electron chi connectivity index (χ0n) is 9.07. The van der Waals surface area contributed by atoms with E-state index >= 15 is 0 Å². The Kier molecular flexibility index (Phi) is 2.83. The van der Waals surface area contributed by atoms with Gasteiger partial charge in [-0.3, -0.25) is 4.79 Å². The molecule has 0 saturated heterocycles. The van der Waals surface area contributed by atoms with Gasteiger partial charge in [0.15, 0.2) is 5.69 Å². The van der Waals surface area contributed by atoms with E-state index in [0.717, 1.165) is 5.52 Å². The number of pyridine rings is 1. The van der Waals surface area contributed by atoms with Crippen molar-refractivity contribution in [1.29, 1.82) is 0 Å². The summed E-state index contributed by atoms with van der Waals surface area (Å²) in [6.45, 7) is 3.78. The van der Waals surface area contributed by atoms with Crippen molar-refractivity contribution in [1.82, 2.24) is 14.9 Å². The van der Waals surface area contributed by atoms with Crippen LogP contribution in [0.15, 0.2) is 24.4 Å². The highest BCUT2D eigenvalue weighted by Gasteiger charge is 2.17. The molecule has 16 heavy (non-hydrogen) atoms. The number of nitrogens with one attached hydrogen (secondary N) is 1. The maximum Gasteiger partial charge on any atom is 0.273 e. The minimum Gasteiger partial charge on any atom is -0.348 e. The summed E-state index contributed by atoms with van der Waals surface area (Å²) >= 11 is 6.09.